The highest BCUT2D eigenvalue weighted by molar-refractivity contribution is 8.00. The van der Waals surface area contributed by atoms with Crippen molar-refractivity contribution in [3.8, 4) is 0 Å². The molecule has 0 saturated carbocycles. The second-order valence-corrected chi connectivity index (χ2v) is 6.84. The summed E-state index contributed by atoms with van der Waals surface area (Å²) in [6, 6.07) is 23.9. The highest BCUT2D eigenvalue weighted by atomic mass is 32.2. The zero-order chi connectivity index (χ0) is 14.1. The van der Waals surface area contributed by atoms with Gasteiger partial charge in [0.2, 0.25) is 0 Å². The summed E-state index contributed by atoms with van der Waals surface area (Å²) in [4.78, 5) is 1.45. The maximum Gasteiger partial charge on any atom is 0.0346 e. The molecule has 0 aromatic heterocycles. The van der Waals surface area contributed by atoms with Crippen LogP contribution < -0.4 is 5.32 Å². The molecule has 2 heteroatoms. The lowest BCUT2D eigenvalue weighted by atomic mass is 10.1. The van der Waals surface area contributed by atoms with Crippen molar-refractivity contribution in [2.45, 2.75) is 16.6 Å². The Kier molecular flexibility index (Phi) is 3.32. The predicted molar refractivity (Wildman–Crippen MR) is 92.2 cm³/mol. The largest absolute Gasteiger partial charge is 0.384 e. The van der Waals surface area contributed by atoms with Gasteiger partial charge < -0.3 is 5.32 Å². The molecular formula is C19H17NS. The molecule has 0 saturated heterocycles. The van der Waals surface area contributed by atoms with E-state index in [0.717, 1.165) is 6.54 Å². The Hall–Kier alpha value is -1.93. The van der Waals surface area contributed by atoms with Crippen molar-refractivity contribution in [1.29, 1.82) is 0 Å². The lowest BCUT2D eigenvalue weighted by Crippen LogP contribution is -2.15. The van der Waals surface area contributed by atoms with Gasteiger partial charge in [0.1, 0.15) is 0 Å². The van der Waals surface area contributed by atoms with Gasteiger partial charge in [0, 0.05) is 22.4 Å². The number of anilines is 1. The van der Waals surface area contributed by atoms with E-state index in [-0.39, 0.29) is 0 Å². The number of hydrogen-bond donors (Lipinski definition) is 1. The summed E-state index contributed by atoms with van der Waals surface area (Å²) in [7, 11) is 0. The normalized spacial score (nSPS) is 16.9. The van der Waals surface area contributed by atoms with E-state index in [1.165, 1.54) is 33.3 Å². The molecule has 3 aromatic carbocycles. The smallest absolute Gasteiger partial charge is 0.0346 e. The molecule has 0 radical (unpaired) electrons. The second kappa shape index (κ2) is 5.45. The van der Waals surface area contributed by atoms with Crippen molar-refractivity contribution in [2.75, 3.05) is 11.9 Å². The molecule has 0 amide bonds. The van der Waals surface area contributed by atoms with E-state index in [2.05, 4.69) is 72.0 Å². The zero-order valence-electron chi connectivity index (χ0n) is 11.8. The molecule has 1 aliphatic rings. The summed E-state index contributed by atoms with van der Waals surface area (Å²) in [5.74, 6) is 0. The van der Waals surface area contributed by atoms with Gasteiger partial charge in [-0.25, -0.2) is 0 Å². The Morgan fingerprint density at radius 1 is 0.905 bits per heavy atom. The molecule has 1 atom stereocenters. The number of benzene rings is 3. The lowest BCUT2D eigenvalue weighted by Gasteiger charge is -2.12. The van der Waals surface area contributed by atoms with E-state index in [0.29, 0.717) is 5.25 Å². The van der Waals surface area contributed by atoms with E-state index < -0.39 is 0 Å². The first kappa shape index (κ1) is 12.8. The van der Waals surface area contributed by atoms with E-state index in [1.807, 2.05) is 11.8 Å². The van der Waals surface area contributed by atoms with E-state index >= 15 is 0 Å². The van der Waals surface area contributed by atoms with Crippen LogP contribution in [0.2, 0.25) is 0 Å². The number of hydrogen-bond acceptors (Lipinski definition) is 2. The fourth-order valence-corrected chi connectivity index (χ4v) is 4.15. The van der Waals surface area contributed by atoms with Crippen molar-refractivity contribution < 1.29 is 0 Å². The Bertz CT molecular complexity index is 756. The van der Waals surface area contributed by atoms with Gasteiger partial charge in [-0.15, -0.1) is 11.8 Å². The molecular weight excluding hydrogens is 274 g/mol. The van der Waals surface area contributed by atoms with Crippen LogP contribution in [0.4, 0.5) is 5.69 Å². The first-order chi connectivity index (χ1) is 10.4. The number of thioether (sulfide) groups is 1. The fourth-order valence-electron chi connectivity index (χ4n) is 2.90. The quantitative estimate of drug-likeness (QED) is 0.731. The van der Waals surface area contributed by atoms with Gasteiger partial charge >= 0.3 is 0 Å². The van der Waals surface area contributed by atoms with Crippen molar-refractivity contribution in [1.82, 2.24) is 0 Å². The summed E-state index contributed by atoms with van der Waals surface area (Å²) in [6.07, 6.45) is 1.17. The second-order valence-electron chi connectivity index (χ2n) is 5.49. The molecule has 0 aliphatic carbocycles. The van der Waals surface area contributed by atoms with Crippen molar-refractivity contribution in [3.05, 3.63) is 72.3 Å². The van der Waals surface area contributed by atoms with Crippen molar-refractivity contribution >= 4 is 28.2 Å². The molecule has 3 aromatic rings. The fraction of sp³-hybridized carbons (Fsp3) is 0.158. The zero-order valence-corrected chi connectivity index (χ0v) is 12.6. The maximum absolute atomic E-state index is 3.59. The van der Waals surface area contributed by atoms with Crippen LogP contribution in [0.5, 0.6) is 0 Å². The molecule has 1 nitrogen and oxygen atoms in total. The number of rotatable bonds is 3. The third kappa shape index (κ3) is 2.64. The molecule has 1 unspecified atom stereocenters. The highest BCUT2D eigenvalue weighted by Crippen LogP contribution is 2.36. The van der Waals surface area contributed by atoms with E-state index in [4.69, 9.17) is 0 Å². The van der Waals surface area contributed by atoms with Crippen LogP contribution >= 0.6 is 11.8 Å². The maximum atomic E-state index is 3.59. The minimum atomic E-state index is 0.633. The average Bonchev–Trinajstić information content (AvgIpc) is 2.95. The third-order valence-corrected chi connectivity index (χ3v) is 5.32. The van der Waals surface area contributed by atoms with Gasteiger partial charge in [0.15, 0.2) is 0 Å². The van der Waals surface area contributed by atoms with Gasteiger partial charge in [0.05, 0.1) is 0 Å². The topological polar surface area (TPSA) is 12.0 Å². The van der Waals surface area contributed by atoms with Gasteiger partial charge in [-0.05, 0) is 41.0 Å². The van der Waals surface area contributed by atoms with Crippen LogP contribution in [-0.4, -0.2) is 11.8 Å². The highest BCUT2D eigenvalue weighted by Gasteiger charge is 2.21. The molecule has 4 rings (SSSR count). The SMILES string of the molecule is c1ccc2c(c1)CC(CNc1ccc3ccccc3c1)S2. The van der Waals surface area contributed by atoms with Crippen molar-refractivity contribution in [2.24, 2.45) is 0 Å². The summed E-state index contributed by atoms with van der Waals surface area (Å²) in [5, 5.41) is 6.82. The molecule has 1 aliphatic heterocycles. The van der Waals surface area contributed by atoms with Crippen LogP contribution in [-0.2, 0) is 6.42 Å². The van der Waals surface area contributed by atoms with Crippen molar-refractivity contribution in [3.63, 3.8) is 0 Å². The Morgan fingerprint density at radius 3 is 2.62 bits per heavy atom. The number of nitrogens with one attached hydrogen (secondary N) is 1. The van der Waals surface area contributed by atoms with Gasteiger partial charge in [-0.1, -0.05) is 48.5 Å². The van der Waals surface area contributed by atoms with Crippen LogP contribution in [0, 0.1) is 0 Å². The van der Waals surface area contributed by atoms with E-state index in [1.54, 1.807) is 0 Å². The number of fused-ring (bicyclic) bond motifs is 2. The third-order valence-electron chi connectivity index (χ3n) is 4.00. The lowest BCUT2D eigenvalue weighted by molar-refractivity contribution is 0.899. The summed E-state index contributed by atoms with van der Waals surface area (Å²) in [5.41, 5.74) is 2.71. The summed E-state index contributed by atoms with van der Waals surface area (Å²) >= 11 is 2.00. The average molecular weight is 291 g/mol. The monoisotopic (exact) mass is 291 g/mol. The predicted octanol–water partition coefficient (Wildman–Crippen LogP) is 4.97. The summed E-state index contributed by atoms with van der Waals surface area (Å²) in [6.45, 7) is 1.01. The first-order valence-electron chi connectivity index (χ1n) is 7.36. The van der Waals surface area contributed by atoms with Crippen LogP contribution in [0.1, 0.15) is 5.56 Å². The Balaban J connectivity index is 1.45. The van der Waals surface area contributed by atoms with Gasteiger partial charge in [-0.2, -0.15) is 0 Å². The Morgan fingerprint density at radius 2 is 1.71 bits per heavy atom. The molecule has 104 valence electrons. The van der Waals surface area contributed by atoms with Crippen LogP contribution in [0.3, 0.4) is 0 Å². The molecule has 1 heterocycles. The molecule has 0 spiro atoms. The van der Waals surface area contributed by atoms with Gasteiger partial charge in [-0.3, -0.25) is 0 Å². The van der Waals surface area contributed by atoms with E-state index in [9.17, 15) is 0 Å². The molecule has 21 heavy (non-hydrogen) atoms. The molecule has 1 N–H and O–H groups in total. The summed E-state index contributed by atoms with van der Waals surface area (Å²) < 4.78 is 0. The standard InChI is InChI=1S/C19H17NS/c1-2-6-15-11-17(10-9-14(15)5-1)20-13-18-12-16-7-3-4-8-19(16)21-18/h1-11,18,20H,12-13H2. The Labute approximate surface area is 129 Å². The first-order valence-corrected chi connectivity index (χ1v) is 8.24. The van der Waals surface area contributed by atoms with Crippen LogP contribution in [0.25, 0.3) is 10.8 Å². The van der Waals surface area contributed by atoms with Gasteiger partial charge in [0.25, 0.3) is 0 Å². The molecule has 0 fully saturated rings. The molecule has 0 bridgehead atoms. The minimum absolute atomic E-state index is 0.633. The van der Waals surface area contributed by atoms with Crippen LogP contribution in [0.15, 0.2) is 71.6 Å². The minimum Gasteiger partial charge on any atom is -0.384 e.